The van der Waals surface area contributed by atoms with Gasteiger partial charge >= 0.3 is 11.9 Å². The highest BCUT2D eigenvalue weighted by Crippen LogP contribution is 2.45. The van der Waals surface area contributed by atoms with Crippen LogP contribution < -0.4 is 0 Å². The Kier molecular flexibility index (Phi) is 20.5. The topological polar surface area (TPSA) is 261 Å². The van der Waals surface area contributed by atoms with Crippen LogP contribution >= 0.6 is 23.2 Å². The molecular weight excluding hydrogens is 919 g/mol. The lowest BCUT2D eigenvalue weighted by molar-refractivity contribution is -0.331. The average Bonchev–Trinajstić information content (AvgIpc) is 3.27. The van der Waals surface area contributed by atoms with Gasteiger partial charge in [-0.05, 0) is 90.5 Å². The van der Waals surface area contributed by atoms with E-state index in [0.717, 1.165) is 0 Å². The number of carbonyl (C=O) groups excluding carboxylic acids is 2. The Bertz CT molecular complexity index is 2050. The molecule has 3 aliphatic rings. The maximum atomic E-state index is 13.9. The average molecular weight is 988 g/mol. The van der Waals surface area contributed by atoms with Crippen LogP contribution in [0, 0.1) is 5.92 Å². The molecule has 17 nitrogen and oxygen atoms in total. The zero-order valence-electron chi connectivity index (χ0n) is 39.6. The summed E-state index contributed by atoms with van der Waals surface area (Å²) in [6.45, 7) is 14.7. The van der Waals surface area contributed by atoms with Gasteiger partial charge in [-0.2, -0.15) is 0 Å². The van der Waals surface area contributed by atoms with E-state index in [1.54, 1.807) is 39.8 Å². The zero-order chi connectivity index (χ0) is 50.2. The molecule has 2 fully saturated rings. The number of phenolic OH excluding ortho intramolecular Hbond substituents is 2. The molecule has 1 aromatic carbocycles. The molecule has 67 heavy (non-hydrogen) atoms. The van der Waals surface area contributed by atoms with Gasteiger partial charge in [-0.25, -0.2) is 9.59 Å². The van der Waals surface area contributed by atoms with Gasteiger partial charge in [-0.1, -0.05) is 73.0 Å². The standard InChI is InChI=1S/C48H68Cl2O17/c1-11-27-20-23(4)30(52)16-14-13-15-28(21-62-47-42(61-10)39(57)41(26(7)63-47)65-45(60)32-29(12-2)33(49)36(54)34(50)35(32)53)44(59)64-31(25(6)51)18-17-22(3)19-24(5)40(27)66-46-38(56)37(55)43(58)48(8,9)67-46/h13-15,17,19-20,25-27,30-31,37-43,46-47,51-58H,11-12,16,18,21H2,1-10H3/b14-13+,22-17+,23-20+,24-19+,28-15+. The van der Waals surface area contributed by atoms with Crippen LogP contribution in [0.2, 0.25) is 10.0 Å². The highest BCUT2D eigenvalue weighted by Gasteiger charge is 2.50. The lowest BCUT2D eigenvalue weighted by Crippen LogP contribution is -2.63. The van der Waals surface area contributed by atoms with E-state index in [4.69, 9.17) is 56.4 Å². The Morgan fingerprint density at radius 3 is 2.22 bits per heavy atom. The van der Waals surface area contributed by atoms with Crippen LogP contribution in [0.1, 0.15) is 97.5 Å². The number of aromatic hydroxyl groups is 2. The van der Waals surface area contributed by atoms with Gasteiger partial charge in [0.2, 0.25) is 0 Å². The first-order chi connectivity index (χ1) is 31.4. The van der Waals surface area contributed by atoms with E-state index in [-0.39, 0.29) is 41.3 Å². The van der Waals surface area contributed by atoms with Crippen LogP contribution in [0.4, 0.5) is 0 Å². The summed E-state index contributed by atoms with van der Waals surface area (Å²) in [6, 6.07) is 0. The number of ether oxygens (including phenoxy) is 7. The van der Waals surface area contributed by atoms with Crippen LogP contribution in [0.25, 0.3) is 0 Å². The van der Waals surface area contributed by atoms with Crippen molar-refractivity contribution in [3.05, 3.63) is 79.9 Å². The third-order valence-corrected chi connectivity index (χ3v) is 13.1. The lowest BCUT2D eigenvalue weighted by Gasteiger charge is -2.46. The van der Waals surface area contributed by atoms with Gasteiger partial charge in [-0.3, -0.25) is 0 Å². The lowest BCUT2D eigenvalue weighted by atomic mass is 9.88. The third kappa shape index (κ3) is 13.5. The van der Waals surface area contributed by atoms with Crippen molar-refractivity contribution in [2.24, 2.45) is 5.92 Å². The van der Waals surface area contributed by atoms with E-state index in [1.165, 1.54) is 33.1 Å². The minimum absolute atomic E-state index is 0.0296. The molecule has 0 saturated carbocycles. The van der Waals surface area contributed by atoms with Gasteiger partial charge < -0.3 is 74.0 Å². The normalized spacial score (nSPS) is 36.6. The van der Waals surface area contributed by atoms with E-state index < -0.39 is 126 Å². The monoisotopic (exact) mass is 986 g/mol. The molecule has 0 spiro atoms. The predicted octanol–water partition coefficient (Wildman–Crippen LogP) is 5.03. The van der Waals surface area contributed by atoms with Crippen LogP contribution in [0.15, 0.2) is 58.7 Å². The second-order valence-electron chi connectivity index (χ2n) is 17.8. The number of rotatable bonds is 11. The van der Waals surface area contributed by atoms with E-state index in [9.17, 15) is 50.4 Å². The maximum Gasteiger partial charge on any atom is 0.342 e. The molecule has 0 radical (unpaired) electrons. The van der Waals surface area contributed by atoms with Crippen molar-refractivity contribution >= 4 is 35.1 Å². The number of phenols is 2. The van der Waals surface area contributed by atoms with Gasteiger partial charge in [0.15, 0.2) is 30.2 Å². The number of hydrogen-bond acceptors (Lipinski definition) is 17. The van der Waals surface area contributed by atoms with Crippen LogP contribution in [0.5, 0.6) is 11.5 Å². The van der Waals surface area contributed by atoms with Gasteiger partial charge in [0.05, 0.1) is 47.2 Å². The Hall–Kier alpha value is -3.40. The second-order valence-corrected chi connectivity index (χ2v) is 18.6. The van der Waals surface area contributed by atoms with E-state index >= 15 is 0 Å². The molecule has 8 N–H and O–H groups in total. The summed E-state index contributed by atoms with van der Waals surface area (Å²) in [5, 5.41) is 85.7. The van der Waals surface area contributed by atoms with Crippen molar-refractivity contribution in [3.8, 4) is 11.5 Å². The van der Waals surface area contributed by atoms with Crippen LogP contribution in [0.3, 0.4) is 0 Å². The summed E-state index contributed by atoms with van der Waals surface area (Å²) in [7, 11) is 1.26. The summed E-state index contributed by atoms with van der Waals surface area (Å²) in [5.41, 5.74) is 0.400. The fraction of sp³-hybridized carbons (Fsp3) is 0.625. The fourth-order valence-corrected chi connectivity index (χ4v) is 8.70. The van der Waals surface area contributed by atoms with E-state index in [0.29, 0.717) is 23.1 Å². The fourth-order valence-electron chi connectivity index (χ4n) is 8.14. The van der Waals surface area contributed by atoms with Crippen molar-refractivity contribution in [2.75, 3.05) is 13.7 Å². The van der Waals surface area contributed by atoms with E-state index in [1.807, 2.05) is 32.9 Å². The molecule has 14 unspecified atom stereocenters. The van der Waals surface area contributed by atoms with Gasteiger partial charge in [0.1, 0.15) is 47.2 Å². The number of benzene rings is 1. The Balaban J connectivity index is 1.60. The van der Waals surface area contributed by atoms with Gasteiger partial charge in [-0.15, -0.1) is 0 Å². The first kappa shape index (κ1) is 56.2. The summed E-state index contributed by atoms with van der Waals surface area (Å²) in [4.78, 5) is 27.3. The van der Waals surface area contributed by atoms with Gasteiger partial charge in [0, 0.05) is 19.4 Å². The van der Waals surface area contributed by atoms with Crippen molar-refractivity contribution in [2.45, 2.75) is 173 Å². The number of carbonyl (C=O) groups is 2. The number of halogens is 2. The molecule has 2 saturated heterocycles. The Labute approximate surface area is 401 Å². The molecule has 3 heterocycles. The quantitative estimate of drug-likeness (QED) is 0.107. The minimum Gasteiger partial charge on any atom is -0.505 e. The number of hydrogen-bond donors (Lipinski definition) is 8. The Morgan fingerprint density at radius 1 is 0.940 bits per heavy atom. The molecule has 0 aliphatic carbocycles. The molecule has 376 valence electrons. The number of aliphatic hydroxyl groups is 6. The molecule has 3 aliphatic heterocycles. The highest BCUT2D eigenvalue weighted by atomic mass is 35.5. The number of cyclic esters (lactones) is 1. The molecule has 0 amide bonds. The highest BCUT2D eigenvalue weighted by molar-refractivity contribution is 6.39. The molecule has 4 rings (SSSR count). The summed E-state index contributed by atoms with van der Waals surface area (Å²) < 4.78 is 41.5. The smallest absolute Gasteiger partial charge is 0.342 e. The maximum absolute atomic E-state index is 13.9. The van der Waals surface area contributed by atoms with Crippen molar-refractivity contribution in [3.63, 3.8) is 0 Å². The molecule has 14 atom stereocenters. The number of allylic oxidation sites excluding steroid dienone is 4. The number of methoxy groups -OCH3 is 1. The largest absolute Gasteiger partial charge is 0.505 e. The first-order valence-corrected chi connectivity index (χ1v) is 23.1. The summed E-state index contributed by atoms with van der Waals surface area (Å²) >= 11 is 12.3. The first-order valence-electron chi connectivity index (χ1n) is 22.3. The molecule has 0 bridgehead atoms. The number of aliphatic hydroxyl groups excluding tert-OH is 6. The zero-order valence-corrected chi connectivity index (χ0v) is 41.1. The van der Waals surface area contributed by atoms with Crippen molar-refractivity contribution in [1.29, 1.82) is 0 Å². The molecular formula is C48H68Cl2O17. The molecule has 0 aromatic heterocycles. The number of esters is 2. The van der Waals surface area contributed by atoms with Crippen molar-refractivity contribution in [1.82, 2.24) is 0 Å². The van der Waals surface area contributed by atoms with Gasteiger partial charge in [0.25, 0.3) is 0 Å². The third-order valence-electron chi connectivity index (χ3n) is 12.3. The minimum atomic E-state index is -1.57. The summed E-state index contributed by atoms with van der Waals surface area (Å²) in [5.74, 6) is -3.68. The summed E-state index contributed by atoms with van der Waals surface area (Å²) in [6.07, 6.45) is -5.33. The predicted molar refractivity (Wildman–Crippen MR) is 246 cm³/mol. The molecule has 19 heteroatoms. The van der Waals surface area contributed by atoms with Crippen LogP contribution in [-0.4, -0.2) is 152 Å². The van der Waals surface area contributed by atoms with Crippen LogP contribution in [-0.2, 0) is 44.4 Å². The SMILES string of the molecule is CCc1c(Cl)c(O)c(Cl)c(O)c1C(=O)OC1C(C)OC(OC/C2=C\C=C\CC(O)/C(C)=C/C(CC)C(OC3OC(C)(C)C(O)C(O)C3O)/C(C)=C/C(C)=C/CC(C(C)O)OC2=O)C(OC)C1O. The second kappa shape index (κ2) is 24.4. The van der Waals surface area contributed by atoms with E-state index in [2.05, 4.69) is 0 Å². The molecule has 1 aromatic rings. The Morgan fingerprint density at radius 2 is 1.61 bits per heavy atom. The van der Waals surface area contributed by atoms with Crippen molar-refractivity contribution < 1.29 is 83.6 Å².